The molecule has 4 unspecified atom stereocenters. The highest BCUT2D eigenvalue weighted by atomic mass is 16.5. The van der Waals surface area contributed by atoms with Gasteiger partial charge in [-0.3, -0.25) is 0 Å². The minimum absolute atomic E-state index is 0.0372. The average Bonchev–Trinajstić information content (AvgIpc) is 2.32. The van der Waals surface area contributed by atoms with Crippen LogP contribution >= 0.6 is 0 Å². The molecule has 1 aliphatic carbocycles. The summed E-state index contributed by atoms with van der Waals surface area (Å²) < 4.78 is 5.86. The van der Waals surface area contributed by atoms with Gasteiger partial charge >= 0.3 is 0 Å². The van der Waals surface area contributed by atoms with Gasteiger partial charge < -0.3 is 15.2 Å². The zero-order valence-corrected chi connectivity index (χ0v) is 11.2. The number of aliphatic hydroxyl groups is 1. The van der Waals surface area contributed by atoms with Gasteiger partial charge in [0.15, 0.2) is 0 Å². The lowest BCUT2D eigenvalue weighted by molar-refractivity contribution is -0.0817. The number of aliphatic hydroxyl groups excluding tert-OH is 1. The molecule has 2 N–H and O–H groups in total. The largest absolute Gasteiger partial charge is 0.392 e. The van der Waals surface area contributed by atoms with Crippen LogP contribution in [0.15, 0.2) is 0 Å². The van der Waals surface area contributed by atoms with Gasteiger partial charge in [-0.1, -0.05) is 19.8 Å². The van der Waals surface area contributed by atoms with Crippen molar-refractivity contribution in [1.82, 2.24) is 5.32 Å². The third-order valence-electron chi connectivity index (χ3n) is 4.52. The number of nitrogens with one attached hydrogen (secondary N) is 1. The Hall–Kier alpha value is -0.120. The fourth-order valence-electron chi connectivity index (χ4n) is 3.13. The van der Waals surface area contributed by atoms with Crippen LogP contribution in [0.2, 0.25) is 0 Å². The maximum atomic E-state index is 9.99. The van der Waals surface area contributed by atoms with E-state index < -0.39 is 0 Å². The molecule has 2 aliphatic rings. The molecular formula is C14H27NO2. The number of ether oxygens (including phenoxy) is 1. The summed E-state index contributed by atoms with van der Waals surface area (Å²) in [7, 11) is 0. The van der Waals surface area contributed by atoms with E-state index in [4.69, 9.17) is 4.74 Å². The molecule has 2 rings (SSSR count). The Morgan fingerprint density at radius 3 is 2.76 bits per heavy atom. The number of hydrogen-bond donors (Lipinski definition) is 2. The van der Waals surface area contributed by atoms with E-state index >= 15 is 0 Å². The zero-order valence-electron chi connectivity index (χ0n) is 11.2. The van der Waals surface area contributed by atoms with Crippen molar-refractivity contribution in [3.63, 3.8) is 0 Å². The molecule has 3 nitrogen and oxygen atoms in total. The summed E-state index contributed by atoms with van der Waals surface area (Å²) in [6.07, 6.45) is 7.61. The predicted octanol–water partition coefficient (Wildman–Crippen LogP) is 2.23. The molecule has 1 heterocycles. The molecule has 100 valence electrons. The van der Waals surface area contributed by atoms with Crippen LogP contribution in [0.5, 0.6) is 0 Å². The molecule has 0 aromatic carbocycles. The van der Waals surface area contributed by atoms with Crippen molar-refractivity contribution in [3.05, 3.63) is 0 Å². The Bertz CT molecular complexity index is 246. The SMILES string of the molecule is CCC1(C)CC(NC2CCCCC2O)CCO1. The van der Waals surface area contributed by atoms with E-state index in [-0.39, 0.29) is 11.7 Å². The highest BCUT2D eigenvalue weighted by Crippen LogP contribution is 2.29. The van der Waals surface area contributed by atoms with Crippen molar-refractivity contribution in [2.75, 3.05) is 6.61 Å². The predicted molar refractivity (Wildman–Crippen MR) is 69.1 cm³/mol. The molecule has 1 saturated heterocycles. The number of hydrogen-bond acceptors (Lipinski definition) is 3. The van der Waals surface area contributed by atoms with E-state index in [1.165, 1.54) is 12.8 Å². The lowest BCUT2D eigenvalue weighted by Gasteiger charge is -2.41. The Morgan fingerprint density at radius 2 is 2.06 bits per heavy atom. The molecule has 17 heavy (non-hydrogen) atoms. The van der Waals surface area contributed by atoms with Crippen molar-refractivity contribution < 1.29 is 9.84 Å². The molecule has 3 heteroatoms. The molecule has 0 spiro atoms. The first-order chi connectivity index (χ1) is 8.13. The Labute approximate surface area is 105 Å². The highest BCUT2D eigenvalue weighted by Gasteiger charge is 2.34. The van der Waals surface area contributed by atoms with Crippen molar-refractivity contribution >= 4 is 0 Å². The summed E-state index contributed by atoms with van der Waals surface area (Å²) in [4.78, 5) is 0. The topological polar surface area (TPSA) is 41.5 Å². The van der Waals surface area contributed by atoms with Gasteiger partial charge in [0.05, 0.1) is 11.7 Å². The standard InChI is InChI=1S/C14H27NO2/c1-3-14(2)10-11(8-9-17-14)15-12-6-4-5-7-13(12)16/h11-13,15-16H,3-10H2,1-2H3. The van der Waals surface area contributed by atoms with Crippen LogP contribution in [-0.2, 0) is 4.74 Å². The second-order valence-corrected chi connectivity index (χ2v) is 5.97. The molecular weight excluding hydrogens is 214 g/mol. The van der Waals surface area contributed by atoms with Crippen LogP contribution in [-0.4, -0.2) is 35.5 Å². The quantitative estimate of drug-likeness (QED) is 0.796. The maximum absolute atomic E-state index is 9.99. The van der Waals surface area contributed by atoms with Gasteiger partial charge in [0.2, 0.25) is 0 Å². The third-order valence-corrected chi connectivity index (χ3v) is 4.52. The zero-order chi connectivity index (χ0) is 12.3. The first-order valence-corrected chi connectivity index (χ1v) is 7.21. The minimum Gasteiger partial charge on any atom is -0.392 e. The van der Waals surface area contributed by atoms with Crippen molar-refractivity contribution in [1.29, 1.82) is 0 Å². The molecule has 0 radical (unpaired) electrons. The van der Waals surface area contributed by atoms with E-state index in [0.29, 0.717) is 12.1 Å². The van der Waals surface area contributed by atoms with Crippen LogP contribution in [0.3, 0.4) is 0 Å². The monoisotopic (exact) mass is 241 g/mol. The fourth-order valence-corrected chi connectivity index (χ4v) is 3.13. The average molecular weight is 241 g/mol. The second-order valence-electron chi connectivity index (χ2n) is 5.97. The molecule has 0 bridgehead atoms. The molecule has 2 fully saturated rings. The van der Waals surface area contributed by atoms with Crippen LogP contribution in [0.25, 0.3) is 0 Å². The van der Waals surface area contributed by atoms with Crippen molar-refractivity contribution in [2.24, 2.45) is 0 Å². The minimum atomic E-state index is -0.139. The van der Waals surface area contributed by atoms with Gasteiger partial charge in [-0.2, -0.15) is 0 Å². The smallest absolute Gasteiger partial charge is 0.0693 e. The second kappa shape index (κ2) is 5.68. The van der Waals surface area contributed by atoms with Gasteiger partial charge in [0, 0.05) is 18.7 Å². The summed E-state index contributed by atoms with van der Waals surface area (Å²) >= 11 is 0. The van der Waals surface area contributed by atoms with E-state index in [1.807, 2.05) is 0 Å². The fraction of sp³-hybridized carbons (Fsp3) is 1.00. The van der Waals surface area contributed by atoms with Gasteiger partial charge in [-0.15, -0.1) is 0 Å². The highest BCUT2D eigenvalue weighted by molar-refractivity contribution is 4.90. The molecule has 0 amide bonds. The van der Waals surface area contributed by atoms with Gasteiger partial charge in [0.25, 0.3) is 0 Å². The summed E-state index contributed by atoms with van der Waals surface area (Å²) in [5.41, 5.74) is 0.0372. The van der Waals surface area contributed by atoms with Crippen LogP contribution in [0.1, 0.15) is 58.8 Å². The van der Waals surface area contributed by atoms with Crippen LogP contribution in [0.4, 0.5) is 0 Å². The van der Waals surface area contributed by atoms with E-state index in [1.54, 1.807) is 0 Å². The molecule has 1 saturated carbocycles. The first kappa shape index (κ1) is 13.3. The lowest BCUT2D eigenvalue weighted by Crippen LogP contribution is -2.52. The van der Waals surface area contributed by atoms with E-state index in [9.17, 15) is 5.11 Å². The molecule has 1 aliphatic heterocycles. The Morgan fingerprint density at radius 1 is 1.29 bits per heavy atom. The summed E-state index contributed by atoms with van der Waals surface area (Å²) in [5, 5.41) is 13.7. The lowest BCUT2D eigenvalue weighted by atomic mass is 9.87. The van der Waals surface area contributed by atoms with Crippen LogP contribution < -0.4 is 5.32 Å². The molecule has 4 atom stereocenters. The Kier molecular flexibility index (Phi) is 4.45. The van der Waals surface area contributed by atoms with E-state index in [0.717, 1.165) is 38.7 Å². The molecule has 0 aromatic rings. The van der Waals surface area contributed by atoms with Gasteiger partial charge in [-0.05, 0) is 39.0 Å². The normalized spacial score (nSPS) is 43.6. The van der Waals surface area contributed by atoms with E-state index in [2.05, 4.69) is 19.2 Å². The summed E-state index contributed by atoms with van der Waals surface area (Å²) in [6.45, 7) is 5.25. The van der Waals surface area contributed by atoms with Crippen molar-refractivity contribution in [2.45, 2.75) is 82.6 Å². The Balaban J connectivity index is 1.85. The first-order valence-electron chi connectivity index (χ1n) is 7.21. The van der Waals surface area contributed by atoms with Gasteiger partial charge in [-0.25, -0.2) is 0 Å². The summed E-state index contributed by atoms with van der Waals surface area (Å²) in [5.74, 6) is 0. The van der Waals surface area contributed by atoms with Crippen molar-refractivity contribution in [3.8, 4) is 0 Å². The third kappa shape index (κ3) is 3.43. The molecule has 0 aromatic heterocycles. The maximum Gasteiger partial charge on any atom is 0.0693 e. The summed E-state index contributed by atoms with van der Waals surface area (Å²) in [6, 6.07) is 0.833. The van der Waals surface area contributed by atoms with Gasteiger partial charge in [0.1, 0.15) is 0 Å². The number of rotatable bonds is 3. The van der Waals surface area contributed by atoms with Crippen LogP contribution in [0, 0.1) is 0 Å².